The summed E-state index contributed by atoms with van der Waals surface area (Å²) in [5.74, 6) is 0.227. The molecule has 2 unspecified atom stereocenters. The summed E-state index contributed by atoms with van der Waals surface area (Å²) in [5.41, 5.74) is 5.20. The van der Waals surface area contributed by atoms with E-state index in [2.05, 4.69) is 15.1 Å². The second-order valence-corrected chi connectivity index (χ2v) is 6.69. The zero-order valence-corrected chi connectivity index (χ0v) is 13.0. The predicted octanol–water partition coefficient (Wildman–Crippen LogP) is -0.754. The minimum absolute atomic E-state index is 0.192. The molecule has 2 saturated heterocycles. The average molecular weight is 296 g/mol. The minimum atomic E-state index is -0.528. The SMILES string of the molecule is CNC(CN1CCC(N2CCOCC2)C1)(C(N)=O)C1CC1. The average Bonchev–Trinajstić information content (AvgIpc) is 3.25. The van der Waals surface area contributed by atoms with Crippen LogP contribution in [-0.2, 0) is 9.53 Å². The van der Waals surface area contributed by atoms with Gasteiger partial charge in [-0.2, -0.15) is 0 Å². The quantitative estimate of drug-likeness (QED) is 0.675. The first-order chi connectivity index (χ1) is 10.2. The van der Waals surface area contributed by atoms with Gasteiger partial charge in [0.25, 0.3) is 0 Å². The zero-order chi connectivity index (χ0) is 14.9. The Morgan fingerprint density at radius 2 is 2.00 bits per heavy atom. The second kappa shape index (κ2) is 6.20. The van der Waals surface area contributed by atoms with Crippen LogP contribution in [-0.4, -0.2) is 80.3 Å². The van der Waals surface area contributed by atoms with Crippen molar-refractivity contribution in [1.29, 1.82) is 0 Å². The van der Waals surface area contributed by atoms with Crippen LogP contribution >= 0.6 is 0 Å². The largest absolute Gasteiger partial charge is 0.379 e. The second-order valence-electron chi connectivity index (χ2n) is 6.69. The number of nitrogens with two attached hydrogens (primary N) is 1. The van der Waals surface area contributed by atoms with Crippen molar-refractivity contribution in [1.82, 2.24) is 15.1 Å². The Hall–Kier alpha value is -0.690. The molecule has 1 aliphatic carbocycles. The lowest BCUT2D eigenvalue weighted by Crippen LogP contribution is -2.62. The smallest absolute Gasteiger partial charge is 0.239 e. The van der Waals surface area contributed by atoms with Crippen molar-refractivity contribution < 1.29 is 9.53 Å². The molecule has 3 rings (SSSR count). The lowest BCUT2D eigenvalue weighted by atomic mass is 9.91. The van der Waals surface area contributed by atoms with Gasteiger partial charge < -0.3 is 15.8 Å². The maximum absolute atomic E-state index is 12.0. The number of rotatable bonds is 6. The van der Waals surface area contributed by atoms with E-state index in [1.165, 1.54) is 6.42 Å². The number of carbonyl (C=O) groups is 1. The number of nitrogens with one attached hydrogen (secondary N) is 1. The molecule has 3 aliphatic rings. The first-order valence-corrected chi connectivity index (χ1v) is 8.18. The van der Waals surface area contributed by atoms with Crippen LogP contribution in [0.1, 0.15) is 19.3 Å². The van der Waals surface area contributed by atoms with Crippen LogP contribution < -0.4 is 11.1 Å². The maximum Gasteiger partial charge on any atom is 0.239 e. The number of nitrogens with zero attached hydrogens (tertiary/aromatic N) is 2. The minimum Gasteiger partial charge on any atom is -0.379 e. The summed E-state index contributed by atoms with van der Waals surface area (Å²) in [5, 5.41) is 3.25. The third-order valence-corrected chi connectivity index (χ3v) is 5.44. The van der Waals surface area contributed by atoms with Crippen molar-refractivity contribution in [3.63, 3.8) is 0 Å². The van der Waals surface area contributed by atoms with Crippen LogP contribution in [0.3, 0.4) is 0 Å². The summed E-state index contributed by atoms with van der Waals surface area (Å²) in [6, 6.07) is 0.607. The van der Waals surface area contributed by atoms with E-state index in [0.29, 0.717) is 12.0 Å². The Balaban J connectivity index is 1.59. The van der Waals surface area contributed by atoms with Crippen molar-refractivity contribution in [3.8, 4) is 0 Å². The van der Waals surface area contributed by atoms with Gasteiger partial charge in [-0.1, -0.05) is 0 Å². The molecule has 0 aromatic carbocycles. The van der Waals surface area contributed by atoms with E-state index in [0.717, 1.165) is 58.8 Å². The summed E-state index contributed by atoms with van der Waals surface area (Å²) in [4.78, 5) is 17.0. The van der Waals surface area contributed by atoms with Gasteiger partial charge in [0, 0.05) is 32.2 Å². The molecule has 0 aromatic heterocycles. The van der Waals surface area contributed by atoms with Gasteiger partial charge in [0.05, 0.1) is 13.2 Å². The molecule has 21 heavy (non-hydrogen) atoms. The molecule has 0 spiro atoms. The fourth-order valence-corrected chi connectivity index (χ4v) is 3.94. The van der Waals surface area contributed by atoms with E-state index in [1.807, 2.05) is 7.05 Å². The highest BCUT2D eigenvalue weighted by Crippen LogP contribution is 2.40. The third-order valence-electron chi connectivity index (χ3n) is 5.44. The standard InChI is InChI=1S/C15H28N4O2/c1-17-15(14(16)20,12-2-3-12)11-18-5-4-13(10-18)19-6-8-21-9-7-19/h12-13,17H,2-11H2,1H3,(H2,16,20). The van der Waals surface area contributed by atoms with Gasteiger partial charge in [-0.15, -0.1) is 0 Å². The van der Waals surface area contributed by atoms with Crippen molar-refractivity contribution in [3.05, 3.63) is 0 Å². The maximum atomic E-state index is 12.0. The molecule has 1 saturated carbocycles. The summed E-state index contributed by atoms with van der Waals surface area (Å²) < 4.78 is 5.43. The van der Waals surface area contributed by atoms with Gasteiger partial charge in [0.2, 0.25) is 5.91 Å². The van der Waals surface area contributed by atoms with Crippen molar-refractivity contribution in [2.75, 3.05) is 53.0 Å². The van der Waals surface area contributed by atoms with Crippen LogP contribution in [0.2, 0.25) is 0 Å². The molecule has 0 aromatic rings. The van der Waals surface area contributed by atoms with E-state index in [9.17, 15) is 4.79 Å². The first kappa shape index (κ1) is 15.2. The van der Waals surface area contributed by atoms with Crippen molar-refractivity contribution in [2.45, 2.75) is 30.8 Å². The van der Waals surface area contributed by atoms with Gasteiger partial charge in [-0.3, -0.25) is 14.6 Å². The molecule has 6 nitrogen and oxygen atoms in total. The van der Waals surface area contributed by atoms with Crippen LogP contribution in [0.5, 0.6) is 0 Å². The molecule has 0 bridgehead atoms. The van der Waals surface area contributed by atoms with E-state index in [-0.39, 0.29) is 5.91 Å². The molecule has 6 heteroatoms. The summed E-state index contributed by atoms with van der Waals surface area (Å²) in [7, 11) is 1.87. The topological polar surface area (TPSA) is 70.8 Å². The highest BCUT2D eigenvalue weighted by atomic mass is 16.5. The molecule has 1 amide bonds. The van der Waals surface area contributed by atoms with E-state index < -0.39 is 5.54 Å². The van der Waals surface area contributed by atoms with E-state index in [4.69, 9.17) is 10.5 Å². The zero-order valence-electron chi connectivity index (χ0n) is 13.0. The number of likely N-dealkylation sites (tertiary alicyclic amines) is 1. The molecule has 0 radical (unpaired) electrons. The summed E-state index contributed by atoms with van der Waals surface area (Å²) in [6.45, 7) is 6.63. The monoisotopic (exact) mass is 296 g/mol. The van der Waals surface area contributed by atoms with Crippen molar-refractivity contribution >= 4 is 5.91 Å². The number of hydrogen-bond donors (Lipinski definition) is 2. The predicted molar refractivity (Wildman–Crippen MR) is 80.9 cm³/mol. The van der Waals surface area contributed by atoms with Gasteiger partial charge in [-0.05, 0) is 38.8 Å². The molecule has 120 valence electrons. The lowest BCUT2D eigenvalue weighted by molar-refractivity contribution is -0.126. The number of hydrogen-bond acceptors (Lipinski definition) is 5. The fraction of sp³-hybridized carbons (Fsp3) is 0.933. The first-order valence-electron chi connectivity index (χ1n) is 8.18. The van der Waals surface area contributed by atoms with Gasteiger partial charge >= 0.3 is 0 Å². The van der Waals surface area contributed by atoms with E-state index in [1.54, 1.807) is 0 Å². The van der Waals surface area contributed by atoms with E-state index >= 15 is 0 Å². The third kappa shape index (κ3) is 3.08. The molecule has 3 fully saturated rings. The van der Waals surface area contributed by atoms with Crippen molar-refractivity contribution in [2.24, 2.45) is 11.7 Å². The summed E-state index contributed by atoms with van der Waals surface area (Å²) >= 11 is 0. The Kier molecular flexibility index (Phi) is 4.49. The molecule has 2 aliphatic heterocycles. The Labute approximate surface area is 127 Å². The molecule has 3 N–H and O–H groups in total. The summed E-state index contributed by atoms with van der Waals surface area (Å²) in [6.07, 6.45) is 3.41. The Morgan fingerprint density at radius 3 is 2.57 bits per heavy atom. The number of carbonyl (C=O) groups excluding carboxylic acids is 1. The normalized spacial score (nSPS) is 31.2. The molecular formula is C15H28N4O2. The fourth-order valence-electron chi connectivity index (χ4n) is 3.94. The highest BCUT2D eigenvalue weighted by Gasteiger charge is 2.50. The molecular weight excluding hydrogens is 268 g/mol. The van der Waals surface area contributed by atoms with Gasteiger partial charge in [0.15, 0.2) is 0 Å². The van der Waals surface area contributed by atoms with Crippen LogP contribution in [0.25, 0.3) is 0 Å². The number of amides is 1. The lowest BCUT2D eigenvalue weighted by Gasteiger charge is -2.36. The van der Waals surface area contributed by atoms with Crippen LogP contribution in [0, 0.1) is 5.92 Å². The molecule has 2 heterocycles. The number of likely N-dealkylation sites (N-methyl/N-ethyl adjacent to an activating group) is 1. The number of morpholine rings is 1. The Morgan fingerprint density at radius 1 is 1.29 bits per heavy atom. The Bertz CT molecular complexity index is 382. The number of primary amides is 1. The van der Waals surface area contributed by atoms with Gasteiger partial charge in [0.1, 0.15) is 5.54 Å². The van der Waals surface area contributed by atoms with Crippen LogP contribution in [0.15, 0.2) is 0 Å². The highest BCUT2D eigenvalue weighted by molar-refractivity contribution is 5.86. The van der Waals surface area contributed by atoms with Gasteiger partial charge in [-0.25, -0.2) is 0 Å². The van der Waals surface area contributed by atoms with Crippen LogP contribution in [0.4, 0.5) is 0 Å². The number of ether oxygens (including phenoxy) is 1. The molecule has 2 atom stereocenters.